The number of hydrogen-bond acceptors (Lipinski definition) is 4. The van der Waals surface area contributed by atoms with E-state index in [0.717, 1.165) is 24.5 Å². The average molecular weight is 294 g/mol. The highest BCUT2D eigenvalue weighted by molar-refractivity contribution is 5.49. The predicted octanol–water partition coefficient (Wildman–Crippen LogP) is 2.25. The quantitative estimate of drug-likeness (QED) is 0.872. The number of nitrogens with one attached hydrogen (secondary N) is 1. The largest absolute Gasteiger partial charge is 0.352 e. The molecule has 1 fully saturated rings. The van der Waals surface area contributed by atoms with Gasteiger partial charge >= 0.3 is 0 Å². The molecule has 1 unspecified atom stereocenters. The van der Waals surface area contributed by atoms with E-state index in [9.17, 15) is 4.39 Å². The second-order valence-electron chi connectivity index (χ2n) is 6.42. The van der Waals surface area contributed by atoms with Crippen LogP contribution in [0.5, 0.6) is 0 Å². The van der Waals surface area contributed by atoms with Crippen LogP contribution < -0.4 is 10.2 Å². The van der Waals surface area contributed by atoms with E-state index in [-0.39, 0.29) is 5.82 Å². The van der Waals surface area contributed by atoms with Gasteiger partial charge in [0.15, 0.2) is 0 Å². The van der Waals surface area contributed by atoms with E-state index in [1.165, 1.54) is 19.0 Å². The third-order valence-electron chi connectivity index (χ3n) is 3.84. The maximum atomic E-state index is 13.5. The van der Waals surface area contributed by atoms with Crippen LogP contribution in [0.3, 0.4) is 0 Å². The molecule has 1 N–H and O–H groups in total. The second-order valence-corrected chi connectivity index (χ2v) is 6.42. The number of aromatic nitrogens is 1. The maximum Gasteiger partial charge on any atom is 0.141 e. The molecule has 0 radical (unpaired) electrons. The van der Waals surface area contributed by atoms with Gasteiger partial charge in [0.05, 0.1) is 6.20 Å². The first-order chi connectivity index (χ1) is 9.97. The van der Waals surface area contributed by atoms with Gasteiger partial charge in [-0.05, 0) is 33.0 Å². The zero-order chi connectivity index (χ0) is 15.4. The third-order valence-corrected chi connectivity index (χ3v) is 3.84. The molecule has 1 aromatic heterocycles. The summed E-state index contributed by atoms with van der Waals surface area (Å²) in [5.74, 6) is 0.677. The molecule has 5 heteroatoms. The fraction of sp³-hybridized carbons (Fsp3) is 0.688. The van der Waals surface area contributed by atoms with Crippen LogP contribution in [-0.4, -0.2) is 49.2 Å². The summed E-state index contributed by atoms with van der Waals surface area (Å²) in [7, 11) is 4.19. The van der Waals surface area contributed by atoms with E-state index in [0.29, 0.717) is 18.6 Å². The standard InChI is InChI=1S/C16H27FN4/c1-12(2)18-9-13-8-14(17)10-19-16(13)21-7-5-6-15(21)11-20(3)4/h8,10,12,15,18H,5-7,9,11H2,1-4H3. The van der Waals surface area contributed by atoms with Gasteiger partial charge in [-0.25, -0.2) is 9.37 Å². The Hall–Kier alpha value is -1.20. The van der Waals surface area contributed by atoms with Gasteiger partial charge in [0.2, 0.25) is 0 Å². The van der Waals surface area contributed by atoms with Crippen molar-refractivity contribution < 1.29 is 4.39 Å². The smallest absolute Gasteiger partial charge is 0.141 e. The van der Waals surface area contributed by atoms with Crippen molar-refractivity contribution in [2.75, 3.05) is 32.1 Å². The first-order valence-electron chi connectivity index (χ1n) is 7.76. The fourth-order valence-electron chi connectivity index (χ4n) is 2.90. The average Bonchev–Trinajstić information content (AvgIpc) is 2.83. The van der Waals surface area contributed by atoms with Crippen molar-refractivity contribution in [1.29, 1.82) is 0 Å². The number of rotatable bonds is 6. The molecular formula is C16H27FN4. The van der Waals surface area contributed by atoms with Gasteiger partial charge in [-0.2, -0.15) is 0 Å². The number of anilines is 1. The molecule has 0 amide bonds. The summed E-state index contributed by atoms with van der Waals surface area (Å²) in [6.45, 7) is 6.86. The zero-order valence-electron chi connectivity index (χ0n) is 13.6. The maximum absolute atomic E-state index is 13.5. The normalized spacial score (nSPS) is 19.0. The van der Waals surface area contributed by atoms with Crippen molar-refractivity contribution in [3.05, 3.63) is 23.6 Å². The Morgan fingerprint density at radius 2 is 2.24 bits per heavy atom. The number of pyridine rings is 1. The van der Waals surface area contributed by atoms with Gasteiger partial charge in [-0.1, -0.05) is 13.8 Å². The Balaban J connectivity index is 2.20. The van der Waals surface area contributed by atoms with Crippen molar-refractivity contribution in [3.8, 4) is 0 Å². The lowest BCUT2D eigenvalue weighted by molar-refractivity contribution is 0.371. The van der Waals surface area contributed by atoms with Gasteiger partial charge in [-0.3, -0.25) is 0 Å². The molecule has 0 bridgehead atoms. The number of nitrogens with zero attached hydrogens (tertiary/aromatic N) is 3. The molecule has 21 heavy (non-hydrogen) atoms. The zero-order valence-corrected chi connectivity index (χ0v) is 13.6. The number of likely N-dealkylation sites (N-methyl/N-ethyl adjacent to an activating group) is 1. The minimum Gasteiger partial charge on any atom is -0.352 e. The lowest BCUT2D eigenvalue weighted by atomic mass is 10.2. The first-order valence-corrected chi connectivity index (χ1v) is 7.76. The lowest BCUT2D eigenvalue weighted by Gasteiger charge is -2.29. The molecule has 0 aliphatic carbocycles. The van der Waals surface area contributed by atoms with Gasteiger partial charge in [-0.15, -0.1) is 0 Å². The summed E-state index contributed by atoms with van der Waals surface area (Å²) in [5.41, 5.74) is 0.953. The van der Waals surface area contributed by atoms with E-state index in [1.54, 1.807) is 6.07 Å². The van der Waals surface area contributed by atoms with Gasteiger partial charge in [0, 0.05) is 37.3 Å². The van der Waals surface area contributed by atoms with Crippen molar-refractivity contribution in [1.82, 2.24) is 15.2 Å². The van der Waals surface area contributed by atoms with Crippen molar-refractivity contribution in [3.63, 3.8) is 0 Å². The van der Waals surface area contributed by atoms with Gasteiger partial charge in [0.1, 0.15) is 11.6 Å². The Morgan fingerprint density at radius 1 is 1.48 bits per heavy atom. The summed E-state index contributed by atoms with van der Waals surface area (Å²) in [6.07, 6.45) is 3.68. The van der Waals surface area contributed by atoms with E-state index in [4.69, 9.17) is 0 Å². The van der Waals surface area contributed by atoms with Crippen LogP contribution in [0.4, 0.5) is 10.2 Å². The summed E-state index contributed by atoms with van der Waals surface area (Å²) in [5, 5.41) is 3.36. The molecule has 118 valence electrons. The highest BCUT2D eigenvalue weighted by Crippen LogP contribution is 2.27. The van der Waals surface area contributed by atoms with Gasteiger partial charge in [0.25, 0.3) is 0 Å². The molecule has 4 nitrogen and oxygen atoms in total. The second kappa shape index (κ2) is 7.18. The highest BCUT2D eigenvalue weighted by atomic mass is 19.1. The highest BCUT2D eigenvalue weighted by Gasteiger charge is 2.27. The van der Waals surface area contributed by atoms with Gasteiger partial charge < -0.3 is 15.1 Å². The van der Waals surface area contributed by atoms with Crippen molar-refractivity contribution in [2.45, 2.75) is 45.3 Å². The van der Waals surface area contributed by atoms with Crippen LogP contribution >= 0.6 is 0 Å². The molecule has 0 aromatic carbocycles. The van der Waals surface area contributed by atoms with Crippen LogP contribution in [0, 0.1) is 5.82 Å². The summed E-state index contributed by atoms with van der Waals surface area (Å²) in [6, 6.07) is 2.45. The van der Waals surface area contributed by atoms with E-state index in [2.05, 4.69) is 48.0 Å². The van der Waals surface area contributed by atoms with E-state index in [1.807, 2.05) is 0 Å². The van der Waals surface area contributed by atoms with E-state index >= 15 is 0 Å². The van der Waals surface area contributed by atoms with Crippen LogP contribution in [0.1, 0.15) is 32.3 Å². The summed E-state index contributed by atoms with van der Waals surface area (Å²) < 4.78 is 13.5. The minimum atomic E-state index is -0.261. The molecule has 2 rings (SSSR count). The Kier molecular flexibility index (Phi) is 5.53. The molecule has 0 spiro atoms. The minimum absolute atomic E-state index is 0.261. The third kappa shape index (κ3) is 4.38. The molecular weight excluding hydrogens is 267 g/mol. The Bertz CT molecular complexity index is 462. The van der Waals surface area contributed by atoms with Crippen LogP contribution in [0.2, 0.25) is 0 Å². The van der Waals surface area contributed by atoms with E-state index < -0.39 is 0 Å². The fourth-order valence-corrected chi connectivity index (χ4v) is 2.90. The molecule has 2 heterocycles. The molecule has 0 saturated carbocycles. The molecule has 1 aromatic rings. The van der Waals surface area contributed by atoms with Crippen molar-refractivity contribution >= 4 is 5.82 Å². The molecule has 1 aliphatic heterocycles. The number of halogens is 1. The van der Waals surface area contributed by atoms with Crippen molar-refractivity contribution in [2.24, 2.45) is 0 Å². The van der Waals surface area contributed by atoms with Crippen LogP contribution in [0.25, 0.3) is 0 Å². The summed E-state index contributed by atoms with van der Waals surface area (Å²) >= 11 is 0. The first kappa shape index (κ1) is 16.2. The van der Waals surface area contributed by atoms with Crippen LogP contribution in [-0.2, 0) is 6.54 Å². The molecule has 1 atom stereocenters. The SMILES string of the molecule is CC(C)NCc1cc(F)cnc1N1CCCC1CN(C)C. The summed E-state index contributed by atoms with van der Waals surface area (Å²) in [4.78, 5) is 8.94. The Labute approximate surface area is 127 Å². The van der Waals surface area contributed by atoms with Crippen LogP contribution in [0.15, 0.2) is 12.3 Å². The topological polar surface area (TPSA) is 31.4 Å². The Morgan fingerprint density at radius 3 is 2.90 bits per heavy atom. The molecule has 1 aliphatic rings. The lowest BCUT2D eigenvalue weighted by Crippen LogP contribution is -2.39. The monoisotopic (exact) mass is 294 g/mol. The number of hydrogen-bond donors (Lipinski definition) is 1. The molecule has 1 saturated heterocycles. The predicted molar refractivity (Wildman–Crippen MR) is 85.1 cm³/mol.